The molecule has 0 amide bonds. The zero-order valence-electron chi connectivity index (χ0n) is 11.3. The van der Waals surface area contributed by atoms with Crippen LogP contribution in [0.15, 0.2) is 17.7 Å². The highest BCUT2D eigenvalue weighted by Gasteiger charge is 2.16. The van der Waals surface area contributed by atoms with Gasteiger partial charge in [0, 0.05) is 5.69 Å². The van der Waals surface area contributed by atoms with Crippen molar-refractivity contribution in [3.05, 3.63) is 34.7 Å². The summed E-state index contributed by atoms with van der Waals surface area (Å²) in [5, 5.41) is 17.8. The van der Waals surface area contributed by atoms with Crippen LogP contribution in [0.3, 0.4) is 0 Å². The van der Waals surface area contributed by atoms with Gasteiger partial charge in [0.15, 0.2) is 0 Å². The van der Waals surface area contributed by atoms with E-state index in [1.807, 2.05) is 26.0 Å². The molecule has 1 N–H and O–H groups in total. The molecule has 0 saturated carbocycles. The van der Waals surface area contributed by atoms with Gasteiger partial charge in [-0.25, -0.2) is 4.79 Å². The van der Waals surface area contributed by atoms with Gasteiger partial charge in [-0.05, 0) is 37.6 Å². The van der Waals surface area contributed by atoms with Crippen LogP contribution < -0.4 is 4.74 Å². The van der Waals surface area contributed by atoms with Gasteiger partial charge in [0.2, 0.25) is 5.88 Å². The smallest absolute Gasteiger partial charge is 0.346 e. The van der Waals surface area contributed by atoms with E-state index in [2.05, 4.69) is 4.98 Å². The number of nitriles is 1. The minimum atomic E-state index is -1.28. The third-order valence-corrected chi connectivity index (χ3v) is 2.88. The summed E-state index contributed by atoms with van der Waals surface area (Å²) in [6.07, 6.45) is 1.27. The summed E-state index contributed by atoms with van der Waals surface area (Å²) < 4.78 is 6.93. The Labute approximate surface area is 115 Å². The Morgan fingerprint density at radius 2 is 2.20 bits per heavy atom. The second-order valence-corrected chi connectivity index (χ2v) is 4.35. The van der Waals surface area contributed by atoms with Gasteiger partial charge < -0.3 is 9.84 Å². The van der Waals surface area contributed by atoms with Crippen molar-refractivity contribution in [2.24, 2.45) is 0 Å². The number of aryl methyl sites for hydroxylation is 2. The molecule has 0 aliphatic heterocycles. The summed E-state index contributed by atoms with van der Waals surface area (Å²) >= 11 is 0. The number of ether oxygens (including phenoxy) is 1. The number of carboxylic acid groups (broad SMARTS) is 1. The maximum Gasteiger partial charge on any atom is 0.346 e. The normalized spacial score (nSPS) is 11.4. The van der Waals surface area contributed by atoms with Crippen molar-refractivity contribution in [2.75, 3.05) is 7.11 Å². The largest absolute Gasteiger partial charge is 0.479 e. The van der Waals surface area contributed by atoms with E-state index in [1.54, 1.807) is 10.5 Å². The van der Waals surface area contributed by atoms with Crippen LogP contribution in [0.1, 0.15) is 17.0 Å². The molecule has 102 valence electrons. The van der Waals surface area contributed by atoms with Crippen molar-refractivity contribution in [3.63, 3.8) is 0 Å². The predicted octanol–water partition coefficient (Wildman–Crippen LogP) is 1.95. The van der Waals surface area contributed by atoms with E-state index in [-0.39, 0.29) is 11.5 Å². The first-order chi connectivity index (χ1) is 9.47. The summed E-state index contributed by atoms with van der Waals surface area (Å²) in [5.41, 5.74) is 2.64. The van der Waals surface area contributed by atoms with E-state index in [9.17, 15) is 4.79 Å². The van der Waals surface area contributed by atoms with E-state index >= 15 is 0 Å². The maximum absolute atomic E-state index is 11.0. The molecule has 0 fully saturated rings. The van der Waals surface area contributed by atoms with Crippen LogP contribution in [-0.4, -0.2) is 27.6 Å². The number of methoxy groups -OCH3 is 1. The number of imidazole rings is 1. The van der Waals surface area contributed by atoms with Crippen LogP contribution in [0.5, 0.6) is 5.88 Å². The Morgan fingerprint density at radius 3 is 2.75 bits per heavy atom. The fraction of sp³-hybridized carbons (Fsp3) is 0.214. The number of hydrogen-bond donors (Lipinski definition) is 1. The van der Waals surface area contributed by atoms with E-state index in [0.29, 0.717) is 11.3 Å². The molecule has 2 heterocycles. The van der Waals surface area contributed by atoms with E-state index in [0.717, 1.165) is 11.3 Å². The van der Waals surface area contributed by atoms with Crippen LogP contribution >= 0.6 is 0 Å². The zero-order valence-corrected chi connectivity index (χ0v) is 11.3. The molecule has 0 unspecified atom stereocenters. The molecule has 0 radical (unpaired) electrons. The first-order valence-electron chi connectivity index (χ1n) is 5.86. The average Bonchev–Trinajstić information content (AvgIpc) is 2.73. The zero-order chi connectivity index (χ0) is 14.9. The van der Waals surface area contributed by atoms with Crippen molar-refractivity contribution < 1.29 is 14.6 Å². The topological polar surface area (TPSA) is 87.6 Å². The number of pyridine rings is 1. The third-order valence-electron chi connectivity index (χ3n) is 2.88. The predicted molar refractivity (Wildman–Crippen MR) is 72.4 cm³/mol. The van der Waals surface area contributed by atoms with Gasteiger partial charge in [0.05, 0.1) is 7.11 Å². The number of nitrogens with zero attached hydrogens (tertiary/aromatic N) is 3. The second-order valence-electron chi connectivity index (χ2n) is 4.35. The van der Waals surface area contributed by atoms with Crippen LogP contribution in [0, 0.1) is 25.2 Å². The summed E-state index contributed by atoms with van der Waals surface area (Å²) in [6.45, 7) is 3.83. The number of hydrogen-bond acceptors (Lipinski definition) is 4. The summed E-state index contributed by atoms with van der Waals surface area (Å²) in [5.74, 6) is -0.998. The fourth-order valence-electron chi connectivity index (χ4n) is 2.09. The van der Waals surface area contributed by atoms with Crippen molar-refractivity contribution in [1.29, 1.82) is 5.26 Å². The average molecular weight is 271 g/mol. The number of carbonyl (C=O) groups is 1. The number of rotatable bonds is 3. The maximum atomic E-state index is 11.0. The highest BCUT2D eigenvalue weighted by Crippen LogP contribution is 2.25. The molecule has 0 aliphatic rings. The Morgan fingerprint density at radius 1 is 1.50 bits per heavy atom. The molecule has 0 aromatic carbocycles. The van der Waals surface area contributed by atoms with E-state index < -0.39 is 5.97 Å². The third kappa shape index (κ3) is 2.21. The first-order valence-corrected chi connectivity index (χ1v) is 5.86. The second kappa shape index (κ2) is 5.05. The van der Waals surface area contributed by atoms with Crippen molar-refractivity contribution in [3.8, 4) is 11.9 Å². The lowest BCUT2D eigenvalue weighted by atomic mass is 10.2. The van der Waals surface area contributed by atoms with E-state index in [4.69, 9.17) is 15.1 Å². The lowest BCUT2D eigenvalue weighted by molar-refractivity contribution is -0.132. The molecule has 6 heteroatoms. The van der Waals surface area contributed by atoms with E-state index in [1.165, 1.54) is 13.2 Å². The molecular formula is C14H13N3O3. The van der Waals surface area contributed by atoms with Crippen LogP contribution in [0.25, 0.3) is 11.7 Å². The lowest BCUT2D eigenvalue weighted by Gasteiger charge is -2.04. The van der Waals surface area contributed by atoms with Gasteiger partial charge in [0.25, 0.3) is 0 Å². The van der Waals surface area contributed by atoms with Crippen molar-refractivity contribution >= 4 is 17.7 Å². The van der Waals surface area contributed by atoms with Gasteiger partial charge in [-0.3, -0.25) is 4.40 Å². The number of carboxylic acids is 1. The SMILES string of the molecule is COc1nc2cc(C)cc(C)n2c1C=C(C#N)C(=O)O. The molecule has 0 spiro atoms. The molecule has 2 aromatic rings. The quantitative estimate of drug-likeness (QED) is 0.681. The highest BCUT2D eigenvalue weighted by molar-refractivity contribution is 5.96. The monoisotopic (exact) mass is 271 g/mol. The van der Waals surface area contributed by atoms with Gasteiger partial charge in [-0.2, -0.15) is 10.2 Å². The Bertz CT molecular complexity index is 766. The molecule has 0 saturated heterocycles. The number of fused-ring (bicyclic) bond motifs is 1. The summed E-state index contributed by atoms with van der Waals surface area (Å²) in [7, 11) is 1.45. The Kier molecular flexibility index (Phi) is 3.44. The molecule has 6 nitrogen and oxygen atoms in total. The summed E-state index contributed by atoms with van der Waals surface area (Å²) in [6, 6.07) is 5.46. The number of aromatic nitrogens is 2. The Hall–Kier alpha value is -2.81. The Balaban J connectivity index is 2.81. The molecule has 0 atom stereocenters. The van der Waals surface area contributed by atoms with Crippen molar-refractivity contribution in [1.82, 2.24) is 9.38 Å². The molecule has 2 aromatic heterocycles. The standard InChI is InChI=1S/C14H13N3O3/c1-8-4-9(2)17-11(6-10(7-15)14(18)19)13(20-3)16-12(17)5-8/h4-6H,1-3H3,(H,18,19). The van der Waals surface area contributed by atoms with Crippen LogP contribution in [0.4, 0.5) is 0 Å². The van der Waals surface area contributed by atoms with Gasteiger partial charge in [-0.15, -0.1) is 0 Å². The van der Waals surface area contributed by atoms with Crippen LogP contribution in [0.2, 0.25) is 0 Å². The number of aliphatic carboxylic acids is 1. The highest BCUT2D eigenvalue weighted by atomic mass is 16.5. The minimum absolute atomic E-state index is 0.285. The minimum Gasteiger partial charge on any atom is -0.479 e. The lowest BCUT2D eigenvalue weighted by Crippen LogP contribution is -2.00. The van der Waals surface area contributed by atoms with Crippen LogP contribution in [-0.2, 0) is 4.79 Å². The fourth-order valence-corrected chi connectivity index (χ4v) is 2.09. The molecule has 2 rings (SSSR count). The molecule has 0 aliphatic carbocycles. The van der Waals surface area contributed by atoms with Gasteiger partial charge in [-0.1, -0.05) is 0 Å². The van der Waals surface area contributed by atoms with Gasteiger partial charge in [0.1, 0.15) is 23.0 Å². The molecule has 0 bridgehead atoms. The molecule has 20 heavy (non-hydrogen) atoms. The molecular weight excluding hydrogens is 258 g/mol. The van der Waals surface area contributed by atoms with Crippen molar-refractivity contribution in [2.45, 2.75) is 13.8 Å². The summed E-state index contributed by atoms with van der Waals surface area (Å²) in [4.78, 5) is 15.3. The first kappa shape index (κ1) is 13.6. The van der Waals surface area contributed by atoms with Gasteiger partial charge >= 0.3 is 5.97 Å².